The van der Waals surface area contributed by atoms with Gasteiger partial charge in [-0.15, -0.1) is 0 Å². The third-order valence-electron chi connectivity index (χ3n) is 3.81. The topological polar surface area (TPSA) is 53.4 Å². The van der Waals surface area contributed by atoms with Gasteiger partial charge in [0.25, 0.3) is 0 Å². The summed E-state index contributed by atoms with van der Waals surface area (Å²) in [6.07, 6.45) is 0. The number of rotatable bonds is 1. The van der Waals surface area contributed by atoms with Crippen LogP contribution < -0.4 is 0 Å². The van der Waals surface area contributed by atoms with Crippen molar-refractivity contribution < 1.29 is 10.2 Å². The number of pyridine rings is 1. The van der Waals surface area contributed by atoms with Gasteiger partial charge in [-0.25, -0.2) is 4.98 Å². The fourth-order valence-corrected chi connectivity index (χ4v) is 2.51. The Morgan fingerprint density at radius 1 is 0.654 bits per heavy atom. The van der Waals surface area contributed by atoms with Crippen molar-refractivity contribution in [3.05, 3.63) is 90.6 Å². The maximum absolute atomic E-state index is 9.43. The first-order chi connectivity index (χ1) is 12.1. The monoisotopic (exact) mass is 401 g/mol. The number of phenols is 2. The van der Waals surface area contributed by atoms with Crippen LogP contribution in [0, 0.1) is 6.92 Å². The minimum atomic E-state index is 0. The maximum atomic E-state index is 9.43. The molecule has 4 rings (SSSR count). The van der Waals surface area contributed by atoms with Gasteiger partial charge in [0.2, 0.25) is 0 Å². The fourth-order valence-electron chi connectivity index (χ4n) is 2.51. The van der Waals surface area contributed by atoms with Gasteiger partial charge >= 0.3 is 19.8 Å². The average Bonchev–Trinajstić information content (AvgIpc) is 2.64. The molecular weight excluding hydrogens is 380 g/mol. The van der Waals surface area contributed by atoms with E-state index in [1.54, 1.807) is 18.2 Å². The van der Waals surface area contributed by atoms with E-state index in [4.69, 9.17) is 5.11 Å². The summed E-state index contributed by atoms with van der Waals surface area (Å²) in [6, 6.07) is 26.6. The molecule has 0 spiro atoms. The zero-order valence-electron chi connectivity index (χ0n) is 13.9. The van der Waals surface area contributed by atoms with Crippen molar-refractivity contribution in [3.63, 3.8) is 0 Å². The van der Waals surface area contributed by atoms with E-state index < -0.39 is 0 Å². The summed E-state index contributed by atoms with van der Waals surface area (Å²) < 4.78 is 0. The Labute approximate surface area is 166 Å². The van der Waals surface area contributed by atoms with Crippen LogP contribution >= 0.6 is 0 Å². The fraction of sp³-hybridized carbons (Fsp3) is 0.0455. The first kappa shape index (κ1) is 19.6. The molecular formula is C22H22GaNO2. The van der Waals surface area contributed by atoms with E-state index in [2.05, 4.69) is 4.98 Å². The van der Waals surface area contributed by atoms with E-state index in [9.17, 15) is 5.11 Å². The number of aryl methyl sites for hydroxylation is 1. The molecule has 0 fully saturated rings. The van der Waals surface area contributed by atoms with Crippen LogP contribution in [0.25, 0.3) is 22.0 Å². The molecule has 0 radical (unpaired) electrons. The van der Waals surface area contributed by atoms with Crippen LogP contribution in [0.3, 0.4) is 0 Å². The van der Waals surface area contributed by atoms with Crippen molar-refractivity contribution in [2.45, 2.75) is 6.92 Å². The number of aromatic nitrogens is 1. The van der Waals surface area contributed by atoms with Crippen molar-refractivity contribution in [2.24, 2.45) is 0 Å². The molecule has 0 aliphatic rings. The molecule has 0 saturated heterocycles. The number of aromatic hydroxyl groups is 2. The molecule has 26 heavy (non-hydrogen) atoms. The molecule has 0 atom stereocenters. The Morgan fingerprint density at radius 2 is 1.31 bits per heavy atom. The van der Waals surface area contributed by atoms with Crippen LogP contribution in [0.5, 0.6) is 11.5 Å². The zero-order chi connectivity index (χ0) is 17.6. The standard InChI is InChI=1S/C12H10O.C10H9NO.Ga.3H/c13-12-8-6-11(7-9-12)10-4-2-1-3-5-10;1-7-5-6-8-3-2-4-9(12)10(8)11-7;;;;/h1-9,13H;2-6,12H,1H3;;;;. The van der Waals surface area contributed by atoms with Gasteiger partial charge in [0.15, 0.2) is 0 Å². The Balaban J connectivity index is 0.000000180. The van der Waals surface area contributed by atoms with Crippen LogP contribution in [0.2, 0.25) is 0 Å². The van der Waals surface area contributed by atoms with Crippen LogP contribution in [0.4, 0.5) is 0 Å². The number of hydrogen-bond donors (Lipinski definition) is 2. The van der Waals surface area contributed by atoms with Crippen LogP contribution in [0.15, 0.2) is 84.9 Å². The third-order valence-corrected chi connectivity index (χ3v) is 3.81. The predicted octanol–water partition coefficient (Wildman–Crippen LogP) is 4.12. The molecule has 0 unspecified atom stereocenters. The van der Waals surface area contributed by atoms with Gasteiger partial charge in [-0.05, 0) is 42.3 Å². The molecule has 1 heterocycles. The first-order valence-corrected chi connectivity index (χ1v) is 8.03. The molecule has 3 aromatic carbocycles. The number of nitrogens with zero attached hydrogens (tertiary/aromatic N) is 1. The van der Waals surface area contributed by atoms with Crippen molar-refractivity contribution in [1.82, 2.24) is 4.98 Å². The van der Waals surface area contributed by atoms with E-state index in [1.807, 2.05) is 73.7 Å². The molecule has 130 valence electrons. The van der Waals surface area contributed by atoms with Gasteiger partial charge in [-0.2, -0.15) is 0 Å². The Hall–Kier alpha value is -2.69. The van der Waals surface area contributed by atoms with E-state index >= 15 is 0 Å². The van der Waals surface area contributed by atoms with Crippen LogP contribution in [-0.2, 0) is 0 Å². The van der Waals surface area contributed by atoms with Gasteiger partial charge in [-0.3, -0.25) is 0 Å². The summed E-state index contributed by atoms with van der Waals surface area (Å²) in [7, 11) is 0. The first-order valence-electron chi connectivity index (χ1n) is 8.03. The summed E-state index contributed by atoms with van der Waals surface area (Å²) >= 11 is 0. The van der Waals surface area contributed by atoms with Crippen LogP contribution in [0.1, 0.15) is 5.69 Å². The second kappa shape index (κ2) is 9.13. The van der Waals surface area contributed by atoms with E-state index in [-0.39, 0.29) is 25.5 Å². The van der Waals surface area contributed by atoms with Crippen molar-refractivity contribution >= 4 is 30.7 Å². The summed E-state index contributed by atoms with van der Waals surface area (Å²) in [6.45, 7) is 1.91. The Kier molecular flexibility index (Phi) is 6.89. The summed E-state index contributed by atoms with van der Waals surface area (Å²) in [4.78, 5) is 4.23. The summed E-state index contributed by atoms with van der Waals surface area (Å²) in [5.74, 6) is 0.552. The summed E-state index contributed by atoms with van der Waals surface area (Å²) in [5.41, 5.74) is 3.89. The average molecular weight is 402 g/mol. The van der Waals surface area contributed by atoms with Crippen molar-refractivity contribution in [2.75, 3.05) is 0 Å². The molecule has 4 heteroatoms. The molecule has 2 N–H and O–H groups in total. The minimum absolute atomic E-state index is 0. The van der Waals surface area contributed by atoms with Gasteiger partial charge in [0.1, 0.15) is 17.0 Å². The molecule has 0 amide bonds. The molecule has 3 nitrogen and oxygen atoms in total. The molecule has 1 aromatic heterocycles. The second-order valence-electron chi connectivity index (χ2n) is 5.71. The quantitative estimate of drug-likeness (QED) is 0.471. The second-order valence-corrected chi connectivity index (χ2v) is 5.71. The van der Waals surface area contributed by atoms with E-state index in [1.165, 1.54) is 5.56 Å². The zero-order valence-corrected chi connectivity index (χ0v) is 13.9. The van der Waals surface area contributed by atoms with Crippen LogP contribution in [-0.4, -0.2) is 35.0 Å². The molecule has 0 aliphatic carbocycles. The number of phenolic OH excluding ortho intramolecular Hbond substituents is 2. The SMILES string of the molecule is Cc1ccc2cccc(O)c2n1.Oc1ccc(-c2ccccc2)cc1.[GaH3]. The van der Waals surface area contributed by atoms with E-state index in [0.29, 0.717) is 11.3 Å². The number of hydrogen-bond acceptors (Lipinski definition) is 3. The normalized spacial score (nSPS) is 9.73. The van der Waals surface area contributed by atoms with E-state index in [0.717, 1.165) is 16.6 Å². The Bertz CT molecular complexity index is 970. The molecule has 0 saturated carbocycles. The van der Waals surface area contributed by atoms with Gasteiger partial charge in [-0.1, -0.05) is 60.7 Å². The van der Waals surface area contributed by atoms with Crippen molar-refractivity contribution in [3.8, 4) is 22.6 Å². The van der Waals surface area contributed by atoms with Crippen molar-refractivity contribution in [1.29, 1.82) is 0 Å². The molecule has 0 aliphatic heterocycles. The predicted molar refractivity (Wildman–Crippen MR) is 112 cm³/mol. The van der Waals surface area contributed by atoms with Gasteiger partial charge in [0.05, 0.1) is 0 Å². The summed E-state index contributed by atoms with van der Waals surface area (Å²) in [5, 5.41) is 19.5. The Morgan fingerprint density at radius 3 is 2.00 bits per heavy atom. The molecule has 4 aromatic rings. The van der Waals surface area contributed by atoms with Gasteiger partial charge < -0.3 is 10.2 Å². The number of para-hydroxylation sites is 1. The number of benzene rings is 3. The third kappa shape index (κ3) is 4.91. The van der Waals surface area contributed by atoms with Gasteiger partial charge in [0, 0.05) is 11.1 Å². The molecule has 0 bridgehead atoms. The number of fused-ring (bicyclic) bond motifs is 1.